The van der Waals surface area contributed by atoms with Crippen LogP contribution >= 0.6 is 11.3 Å². The minimum absolute atomic E-state index is 0.145. The van der Waals surface area contributed by atoms with Crippen LogP contribution in [0.15, 0.2) is 63.8 Å². The summed E-state index contributed by atoms with van der Waals surface area (Å²) in [5, 5.41) is 5.89. The van der Waals surface area contributed by atoms with Gasteiger partial charge in [0.15, 0.2) is 0 Å². The maximum Gasteiger partial charge on any atom is 0.263 e. The van der Waals surface area contributed by atoms with Gasteiger partial charge in [-0.15, -0.1) is 11.3 Å². The lowest BCUT2D eigenvalue weighted by Crippen LogP contribution is -2.29. The minimum atomic E-state index is -3.59. The second-order valence-electron chi connectivity index (χ2n) is 6.82. The molecule has 0 saturated heterocycles. The molecule has 0 atom stereocenters. The molecule has 1 aliphatic rings. The molecule has 0 unspecified atom stereocenters. The molecular weight excluding hydrogens is 420 g/mol. The van der Waals surface area contributed by atoms with Crippen LogP contribution < -0.4 is 10.0 Å². The Balaban J connectivity index is 1.29. The van der Waals surface area contributed by atoms with Crippen LogP contribution in [0.1, 0.15) is 16.1 Å². The Morgan fingerprint density at radius 1 is 1.17 bits per heavy atom. The van der Waals surface area contributed by atoms with Crippen molar-refractivity contribution in [2.45, 2.75) is 18.2 Å². The Bertz CT molecular complexity index is 1220. The van der Waals surface area contributed by atoms with Crippen molar-refractivity contribution in [3.8, 4) is 11.3 Å². The van der Waals surface area contributed by atoms with E-state index in [9.17, 15) is 13.2 Å². The molecule has 1 aromatic heterocycles. The lowest BCUT2D eigenvalue weighted by molar-refractivity contribution is -0.119. The highest BCUT2D eigenvalue weighted by Gasteiger charge is 2.30. The number of thiazole rings is 1. The molecule has 2 aromatic carbocycles. The maximum atomic E-state index is 12.1. The standard InChI is InChI=1S/C21H20N4O3S2/c1-14-24-18(13-29-14)16-8-6-15(7-9-16)10-11-22-20(26)12-23-21-17-4-2-3-5-19(17)30(27,28)25-21/h2-9,13H,10-12H2,1H3,(H,22,26)(H,23,25). The van der Waals surface area contributed by atoms with E-state index in [0.717, 1.165) is 21.8 Å². The third-order valence-corrected chi connectivity index (χ3v) is 6.82. The van der Waals surface area contributed by atoms with Gasteiger partial charge in [-0.1, -0.05) is 36.4 Å². The molecule has 1 amide bonds. The first-order valence-electron chi connectivity index (χ1n) is 9.37. The van der Waals surface area contributed by atoms with Gasteiger partial charge < -0.3 is 5.32 Å². The van der Waals surface area contributed by atoms with E-state index >= 15 is 0 Å². The summed E-state index contributed by atoms with van der Waals surface area (Å²) in [4.78, 5) is 20.9. The van der Waals surface area contributed by atoms with Crippen LogP contribution in [-0.2, 0) is 21.2 Å². The number of sulfonamides is 1. The molecule has 154 valence electrons. The number of amides is 1. The molecule has 9 heteroatoms. The summed E-state index contributed by atoms with van der Waals surface area (Å²) in [6.45, 7) is 2.31. The number of nitrogens with one attached hydrogen (secondary N) is 2. The number of rotatable bonds is 6. The van der Waals surface area contributed by atoms with Crippen LogP contribution in [0.25, 0.3) is 11.3 Å². The van der Waals surface area contributed by atoms with E-state index in [0.29, 0.717) is 18.5 Å². The molecule has 2 heterocycles. The largest absolute Gasteiger partial charge is 0.354 e. The average molecular weight is 441 g/mol. The van der Waals surface area contributed by atoms with Crippen LogP contribution in [0.3, 0.4) is 0 Å². The molecule has 3 aromatic rings. The quantitative estimate of drug-likeness (QED) is 0.615. The molecule has 0 fully saturated rings. The summed E-state index contributed by atoms with van der Waals surface area (Å²) in [5.41, 5.74) is 3.64. The van der Waals surface area contributed by atoms with Gasteiger partial charge in [0, 0.05) is 23.1 Å². The summed E-state index contributed by atoms with van der Waals surface area (Å²) >= 11 is 1.62. The van der Waals surface area contributed by atoms with Crippen molar-refractivity contribution >= 4 is 33.1 Å². The molecule has 0 aliphatic carbocycles. The van der Waals surface area contributed by atoms with Crippen LogP contribution in [0, 0.1) is 6.92 Å². The summed E-state index contributed by atoms with van der Waals surface area (Å²) in [6.07, 6.45) is 0.689. The maximum absolute atomic E-state index is 12.1. The number of benzene rings is 2. The van der Waals surface area contributed by atoms with Gasteiger partial charge in [-0.25, -0.2) is 13.4 Å². The number of nitrogens with zero attached hydrogens (tertiary/aromatic N) is 2. The van der Waals surface area contributed by atoms with Crippen LogP contribution in [-0.4, -0.2) is 38.2 Å². The molecule has 30 heavy (non-hydrogen) atoms. The Kier molecular flexibility index (Phi) is 5.65. The van der Waals surface area contributed by atoms with Crippen molar-refractivity contribution in [2.75, 3.05) is 13.1 Å². The molecule has 0 spiro atoms. The molecule has 0 bridgehead atoms. The van der Waals surface area contributed by atoms with Crippen molar-refractivity contribution in [3.05, 3.63) is 70.0 Å². The number of aliphatic imine (C=N–C) groups is 1. The molecular formula is C21H20N4O3S2. The molecule has 7 nitrogen and oxygen atoms in total. The number of fused-ring (bicyclic) bond motifs is 1. The highest BCUT2D eigenvalue weighted by molar-refractivity contribution is 7.90. The van der Waals surface area contributed by atoms with Crippen molar-refractivity contribution in [1.82, 2.24) is 15.0 Å². The second-order valence-corrected chi connectivity index (χ2v) is 9.53. The fourth-order valence-electron chi connectivity index (χ4n) is 3.14. The lowest BCUT2D eigenvalue weighted by Gasteiger charge is -2.05. The summed E-state index contributed by atoms with van der Waals surface area (Å²) in [6, 6.07) is 14.7. The number of carbonyl (C=O) groups is 1. The number of amidine groups is 1. The minimum Gasteiger partial charge on any atom is -0.354 e. The molecule has 0 saturated carbocycles. The van der Waals surface area contributed by atoms with E-state index in [1.165, 1.54) is 6.07 Å². The van der Waals surface area contributed by atoms with Crippen LogP contribution in [0.5, 0.6) is 0 Å². The first kappa shape index (κ1) is 20.2. The van der Waals surface area contributed by atoms with Gasteiger partial charge in [0.25, 0.3) is 10.0 Å². The van der Waals surface area contributed by atoms with Gasteiger partial charge in [-0.05, 0) is 31.0 Å². The fraction of sp³-hybridized carbons (Fsp3) is 0.190. The summed E-state index contributed by atoms with van der Waals surface area (Å²) in [7, 11) is -3.59. The van der Waals surface area contributed by atoms with E-state index in [-0.39, 0.29) is 23.2 Å². The van der Waals surface area contributed by atoms with Gasteiger partial charge in [-0.3, -0.25) is 14.5 Å². The first-order chi connectivity index (χ1) is 14.4. The van der Waals surface area contributed by atoms with Gasteiger partial charge in [0.2, 0.25) is 5.91 Å². The fourth-order valence-corrected chi connectivity index (χ4v) is 5.02. The number of hydrogen-bond acceptors (Lipinski definition) is 6. The van der Waals surface area contributed by atoms with Crippen molar-refractivity contribution < 1.29 is 13.2 Å². The average Bonchev–Trinajstić information content (AvgIpc) is 3.28. The van der Waals surface area contributed by atoms with E-state index in [1.807, 2.05) is 36.6 Å². The van der Waals surface area contributed by atoms with Crippen molar-refractivity contribution in [3.63, 3.8) is 0 Å². The number of aryl methyl sites for hydroxylation is 1. The zero-order valence-corrected chi connectivity index (χ0v) is 17.9. The third-order valence-electron chi connectivity index (χ3n) is 4.65. The summed E-state index contributed by atoms with van der Waals surface area (Å²) in [5.74, 6) is -0.0609. The Morgan fingerprint density at radius 2 is 1.93 bits per heavy atom. The van der Waals surface area contributed by atoms with Crippen LogP contribution in [0.4, 0.5) is 0 Å². The van der Waals surface area contributed by atoms with E-state index in [4.69, 9.17) is 0 Å². The Morgan fingerprint density at radius 3 is 2.67 bits per heavy atom. The first-order valence-corrected chi connectivity index (χ1v) is 11.7. The third kappa shape index (κ3) is 4.42. The monoisotopic (exact) mass is 440 g/mol. The van der Waals surface area contributed by atoms with E-state index < -0.39 is 10.0 Å². The lowest BCUT2D eigenvalue weighted by atomic mass is 10.1. The van der Waals surface area contributed by atoms with Crippen LogP contribution in [0.2, 0.25) is 0 Å². The predicted molar refractivity (Wildman–Crippen MR) is 117 cm³/mol. The van der Waals surface area contributed by atoms with Gasteiger partial charge in [0.1, 0.15) is 12.4 Å². The van der Waals surface area contributed by atoms with E-state index in [2.05, 4.69) is 20.0 Å². The highest BCUT2D eigenvalue weighted by Crippen LogP contribution is 2.23. The molecule has 0 radical (unpaired) electrons. The zero-order valence-electron chi connectivity index (χ0n) is 16.3. The van der Waals surface area contributed by atoms with E-state index in [1.54, 1.807) is 29.5 Å². The molecule has 2 N–H and O–H groups in total. The van der Waals surface area contributed by atoms with Crippen molar-refractivity contribution in [1.29, 1.82) is 0 Å². The van der Waals surface area contributed by atoms with Gasteiger partial charge in [-0.2, -0.15) is 0 Å². The number of hydrogen-bond donors (Lipinski definition) is 2. The smallest absolute Gasteiger partial charge is 0.263 e. The number of carbonyl (C=O) groups excluding carboxylic acids is 1. The number of aromatic nitrogens is 1. The second kappa shape index (κ2) is 8.37. The normalized spacial score (nSPS) is 15.6. The van der Waals surface area contributed by atoms with Gasteiger partial charge >= 0.3 is 0 Å². The predicted octanol–water partition coefficient (Wildman–Crippen LogP) is 2.52. The molecule has 4 rings (SSSR count). The summed E-state index contributed by atoms with van der Waals surface area (Å²) < 4.78 is 26.5. The zero-order chi connectivity index (χ0) is 21.1. The topological polar surface area (TPSA) is 101 Å². The SMILES string of the molecule is Cc1nc(-c2ccc(CCNC(=O)CN=C3NS(=O)(=O)c4ccccc43)cc2)cs1. The molecule has 1 aliphatic heterocycles. The Labute approximate surface area is 179 Å². The van der Waals surface area contributed by atoms with Crippen molar-refractivity contribution in [2.24, 2.45) is 4.99 Å². The Hall–Kier alpha value is -3.04. The highest BCUT2D eigenvalue weighted by atomic mass is 32.2. The van der Waals surface area contributed by atoms with Gasteiger partial charge in [0.05, 0.1) is 15.6 Å².